The van der Waals surface area contributed by atoms with Crippen molar-refractivity contribution in [3.8, 4) is 5.75 Å². The number of hydrogen-bond acceptors (Lipinski definition) is 3. The van der Waals surface area contributed by atoms with Gasteiger partial charge >= 0.3 is 0 Å². The van der Waals surface area contributed by atoms with Crippen molar-refractivity contribution in [3.63, 3.8) is 0 Å². The summed E-state index contributed by atoms with van der Waals surface area (Å²) < 4.78 is 5.19. The van der Waals surface area contributed by atoms with Crippen molar-refractivity contribution in [2.75, 3.05) is 7.11 Å². The van der Waals surface area contributed by atoms with Gasteiger partial charge in [0.25, 0.3) is 0 Å². The molecule has 0 bridgehead atoms. The van der Waals surface area contributed by atoms with Gasteiger partial charge in [-0.05, 0) is 23.8 Å². The van der Waals surface area contributed by atoms with Gasteiger partial charge in [-0.25, -0.2) is 0 Å². The van der Waals surface area contributed by atoms with E-state index in [2.05, 4.69) is 0 Å². The highest BCUT2D eigenvalue weighted by Gasteiger charge is 2.24. The number of thiophene rings is 1. The molecule has 2 nitrogen and oxygen atoms in total. The Morgan fingerprint density at radius 3 is 3.00 bits per heavy atom. The van der Waals surface area contributed by atoms with Gasteiger partial charge in [0.1, 0.15) is 5.75 Å². The summed E-state index contributed by atoms with van der Waals surface area (Å²) in [5, 5.41) is 12.0. The zero-order chi connectivity index (χ0) is 9.97. The quantitative estimate of drug-likeness (QED) is 0.831. The molecule has 1 aliphatic rings. The molecular weight excluding hydrogens is 196 g/mol. The first kappa shape index (κ1) is 9.99. The maximum absolute atomic E-state index is 9.99. The van der Waals surface area contributed by atoms with E-state index in [9.17, 15) is 5.11 Å². The third kappa shape index (κ3) is 1.93. The molecule has 0 amide bonds. The molecule has 1 atom stereocenters. The molecule has 1 aliphatic carbocycles. The summed E-state index contributed by atoms with van der Waals surface area (Å²) in [5.74, 6) is 1.57. The highest BCUT2D eigenvalue weighted by Crippen LogP contribution is 2.39. The number of aliphatic hydroxyl groups excluding tert-OH is 1. The van der Waals surface area contributed by atoms with E-state index >= 15 is 0 Å². The minimum absolute atomic E-state index is 0.324. The Balaban J connectivity index is 1.98. The van der Waals surface area contributed by atoms with Gasteiger partial charge in [0.2, 0.25) is 0 Å². The van der Waals surface area contributed by atoms with Crippen molar-refractivity contribution < 1.29 is 9.84 Å². The first-order valence-electron chi connectivity index (χ1n) is 5.10. The standard InChI is InChI=1S/C11H16O2S/c1-13-10-5-6-14-11(10)9(12)7-8-3-2-4-8/h5-6,8-9,12H,2-4,7H2,1H3. The molecule has 0 aromatic carbocycles. The average molecular weight is 212 g/mol. The van der Waals surface area contributed by atoms with Crippen LogP contribution in [-0.4, -0.2) is 12.2 Å². The Labute approximate surface area is 88.5 Å². The summed E-state index contributed by atoms with van der Waals surface area (Å²) in [7, 11) is 1.65. The first-order valence-corrected chi connectivity index (χ1v) is 5.98. The molecule has 1 fully saturated rings. The van der Waals surface area contributed by atoms with Gasteiger partial charge in [0.05, 0.1) is 18.1 Å². The SMILES string of the molecule is COc1ccsc1C(O)CC1CCC1. The molecule has 0 spiro atoms. The van der Waals surface area contributed by atoms with Crippen molar-refractivity contribution in [2.24, 2.45) is 5.92 Å². The molecule has 1 heterocycles. The highest BCUT2D eigenvalue weighted by molar-refractivity contribution is 7.10. The fraction of sp³-hybridized carbons (Fsp3) is 0.636. The van der Waals surface area contributed by atoms with E-state index in [0.29, 0.717) is 0 Å². The number of methoxy groups -OCH3 is 1. The summed E-state index contributed by atoms with van der Waals surface area (Å²) >= 11 is 1.58. The fourth-order valence-electron chi connectivity index (χ4n) is 1.87. The van der Waals surface area contributed by atoms with Crippen molar-refractivity contribution in [1.82, 2.24) is 0 Å². The maximum atomic E-state index is 9.99. The van der Waals surface area contributed by atoms with Crippen LogP contribution in [0.4, 0.5) is 0 Å². The molecule has 3 heteroatoms. The van der Waals surface area contributed by atoms with Crippen LogP contribution >= 0.6 is 11.3 Å². The highest BCUT2D eigenvalue weighted by atomic mass is 32.1. The van der Waals surface area contributed by atoms with Crippen LogP contribution in [0.3, 0.4) is 0 Å². The van der Waals surface area contributed by atoms with Gasteiger partial charge in [0, 0.05) is 0 Å². The van der Waals surface area contributed by atoms with E-state index < -0.39 is 0 Å². The number of ether oxygens (including phenoxy) is 1. The molecule has 1 aromatic heterocycles. The summed E-state index contributed by atoms with van der Waals surface area (Å²) in [6.45, 7) is 0. The lowest BCUT2D eigenvalue weighted by molar-refractivity contribution is 0.119. The van der Waals surface area contributed by atoms with Gasteiger partial charge in [-0.2, -0.15) is 0 Å². The summed E-state index contributed by atoms with van der Waals surface area (Å²) in [6.07, 6.45) is 4.47. The minimum atomic E-state index is -0.324. The second kappa shape index (κ2) is 4.32. The van der Waals surface area contributed by atoms with Crippen LogP contribution in [0.2, 0.25) is 0 Å². The molecule has 14 heavy (non-hydrogen) atoms. The Bertz CT molecular complexity index is 291. The fourth-order valence-corrected chi connectivity index (χ4v) is 2.73. The maximum Gasteiger partial charge on any atom is 0.135 e. The number of hydrogen-bond donors (Lipinski definition) is 1. The van der Waals surface area contributed by atoms with Gasteiger partial charge in [0.15, 0.2) is 0 Å². The van der Waals surface area contributed by atoms with E-state index in [1.165, 1.54) is 19.3 Å². The molecule has 2 rings (SSSR count). The lowest BCUT2D eigenvalue weighted by Crippen LogP contribution is -2.14. The Morgan fingerprint density at radius 2 is 2.43 bits per heavy atom. The lowest BCUT2D eigenvalue weighted by atomic mass is 9.81. The van der Waals surface area contributed by atoms with E-state index in [1.54, 1.807) is 18.4 Å². The second-order valence-corrected chi connectivity index (χ2v) is 4.85. The van der Waals surface area contributed by atoms with Crippen molar-refractivity contribution in [1.29, 1.82) is 0 Å². The summed E-state index contributed by atoms with van der Waals surface area (Å²) in [6, 6.07) is 1.92. The van der Waals surface area contributed by atoms with Crippen LogP contribution < -0.4 is 4.74 Å². The summed E-state index contributed by atoms with van der Waals surface area (Å²) in [5.41, 5.74) is 0. The normalized spacial score (nSPS) is 19.0. The summed E-state index contributed by atoms with van der Waals surface area (Å²) in [4.78, 5) is 0.986. The van der Waals surface area contributed by atoms with E-state index in [4.69, 9.17) is 4.74 Å². The molecule has 1 N–H and O–H groups in total. The van der Waals surface area contributed by atoms with Crippen molar-refractivity contribution in [3.05, 3.63) is 16.3 Å². The Hall–Kier alpha value is -0.540. The molecule has 1 unspecified atom stereocenters. The number of aliphatic hydroxyl groups is 1. The molecule has 0 radical (unpaired) electrons. The largest absolute Gasteiger partial charge is 0.495 e. The lowest BCUT2D eigenvalue weighted by Gasteiger charge is -2.27. The van der Waals surface area contributed by atoms with Crippen molar-refractivity contribution in [2.45, 2.75) is 31.8 Å². The van der Waals surface area contributed by atoms with E-state index in [-0.39, 0.29) is 6.10 Å². The molecule has 0 aliphatic heterocycles. The average Bonchev–Trinajstić information content (AvgIpc) is 2.58. The van der Waals surface area contributed by atoms with E-state index in [0.717, 1.165) is 23.0 Å². The zero-order valence-corrected chi connectivity index (χ0v) is 9.22. The van der Waals surface area contributed by atoms with Gasteiger partial charge in [-0.1, -0.05) is 19.3 Å². The topological polar surface area (TPSA) is 29.5 Å². The third-order valence-corrected chi connectivity index (χ3v) is 3.96. The van der Waals surface area contributed by atoms with Crippen LogP contribution in [0, 0.1) is 5.92 Å². The van der Waals surface area contributed by atoms with Gasteiger partial charge < -0.3 is 9.84 Å². The van der Waals surface area contributed by atoms with Crippen LogP contribution in [-0.2, 0) is 0 Å². The molecule has 78 valence electrons. The van der Waals surface area contributed by atoms with Crippen LogP contribution in [0.1, 0.15) is 36.7 Å². The van der Waals surface area contributed by atoms with Crippen molar-refractivity contribution >= 4 is 11.3 Å². The predicted molar refractivity (Wildman–Crippen MR) is 57.8 cm³/mol. The zero-order valence-electron chi connectivity index (χ0n) is 8.40. The third-order valence-electron chi connectivity index (χ3n) is 2.96. The predicted octanol–water partition coefficient (Wildman–Crippen LogP) is 2.98. The molecule has 1 saturated carbocycles. The molecule has 1 aromatic rings. The monoisotopic (exact) mass is 212 g/mol. The van der Waals surface area contributed by atoms with Gasteiger partial charge in [-0.3, -0.25) is 0 Å². The van der Waals surface area contributed by atoms with Gasteiger partial charge in [-0.15, -0.1) is 11.3 Å². The van der Waals surface area contributed by atoms with E-state index in [1.807, 2.05) is 11.4 Å². The smallest absolute Gasteiger partial charge is 0.135 e. The minimum Gasteiger partial charge on any atom is -0.495 e. The molecular formula is C11H16O2S. The number of rotatable bonds is 4. The Kier molecular flexibility index (Phi) is 3.08. The van der Waals surface area contributed by atoms with Crippen LogP contribution in [0.15, 0.2) is 11.4 Å². The Morgan fingerprint density at radius 1 is 1.64 bits per heavy atom. The van der Waals surface area contributed by atoms with Crippen LogP contribution in [0.5, 0.6) is 5.75 Å². The second-order valence-electron chi connectivity index (χ2n) is 3.90. The molecule has 0 saturated heterocycles. The first-order chi connectivity index (χ1) is 6.81. The van der Waals surface area contributed by atoms with Crippen LogP contribution in [0.25, 0.3) is 0 Å².